The number of carboxylic acids is 1. The predicted molar refractivity (Wildman–Crippen MR) is 83.9 cm³/mol. The van der Waals surface area contributed by atoms with Crippen molar-refractivity contribution in [1.29, 1.82) is 0 Å². The van der Waals surface area contributed by atoms with Gasteiger partial charge in [-0.2, -0.15) is 5.10 Å². The topological polar surface area (TPSA) is 55.1 Å². The highest BCUT2D eigenvalue weighted by Crippen LogP contribution is 2.31. The number of carboxylic acid groups (broad SMARTS) is 1. The van der Waals surface area contributed by atoms with Crippen molar-refractivity contribution in [3.05, 3.63) is 57.5 Å². The van der Waals surface area contributed by atoms with E-state index in [9.17, 15) is 4.79 Å². The molecule has 0 unspecified atom stereocenters. The van der Waals surface area contributed by atoms with Crippen LogP contribution in [0.15, 0.2) is 41.8 Å². The number of hydrogen-bond donors (Lipinski definition) is 1. The Morgan fingerprint density at radius 1 is 1.24 bits per heavy atom. The van der Waals surface area contributed by atoms with Gasteiger partial charge in [-0.3, -0.25) is 0 Å². The molecule has 0 aliphatic carbocycles. The summed E-state index contributed by atoms with van der Waals surface area (Å²) < 4.78 is 1.52. The Bertz CT molecular complexity index is 813. The number of aromatic nitrogens is 2. The van der Waals surface area contributed by atoms with E-state index in [0.717, 1.165) is 4.88 Å². The fourth-order valence-electron chi connectivity index (χ4n) is 1.92. The van der Waals surface area contributed by atoms with Gasteiger partial charge in [0.1, 0.15) is 0 Å². The molecule has 4 nitrogen and oxygen atoms in total. The lowest BCUT2D eigenvalue weighted by Gasteiger charge is -2.08. The van der Waals surface area contributed by atoms with Crippen molar-refractivity contribution < 1.29 is 9.90 Å². The molecule has 0 bridgehead atoms. The minimum Gasteiger partial charge on any atom is -0.476 e. The predicted octanol–water partition coefficient (Wildman–Crippen LogP) is 4.61. The standard InChI is InChI=1S/C14H8Cl2N2O2S/c15-8-3-4-11(9(16)6-8)18-12(13-2-1-5-21-13)7-10(17-18)14(19)20/h1-7H,(H,19,20). The normalized spacial score (nSPS) is 10.8. The molecule has 0 aliphatic rings. The van der Waals surface area contributed by atoms with E-state index in [0.29, 0.717) is 21.4 Å². The molecule has 0 fully saturated rings. The minimum atomic E-state index is -1.09. The quantitative estimate of drug-likeness (QED) is 0.758. The molecule has 21 heavy (non-hydrogen) atoms. The van der Waals surface area contributed by atoms with E-state index in [1.54, 1.807) is 18.2 Å². The lowest BCUT2D eigenvalue weighted by atomic mass is 10.2. The first-order chi connectivity index (χ1) is 10.1. The Hall–Kier alpha value is -1.82. The monoisotopic (exact) mass is 338 g/mol. The maximum Gasteiger partial charge on any atom is 0.356 e. The van der Waals surface area contributed by atoms with Gasteiger partial charge in [0.05, 0.1) is 21.3 Å². The highest BCUT2D eigenvalue weighted by molar-refractivity contribution is 7.13. The molecule has 106 valence electrons. The number of rotatable bonds is 3. The number of hydrogen-bond acceptors (Lipinski definition) is 3. The third kappa shape index (κ3) is 2.68. The Morgan fingerprint density at radius 2 is 2.05 bits per heavy atom. The summed E-state index contributed by atoms with van der Waals surface area (Å²) in [6.07, 6.45) is 0. The van der Waals surface area contributed by atoms with Gasteiger partial charge in [0.25, 0.3) is 0 Å². The van der Waals surface area contributed by atoms with Gasteiger partial charge in [-0.05, 0) is 29.6 Å². The van der Waals surface area contributed by atoms with Crippen molar-refractivity contribution in [2.75, 3.05) is 0 Å². The van der Waals surface area contributed by atoms with Crippen molar-refractivity contribution in [2.24, 2.45) is 0 Å². The number of carbonyl (C=O) groups is 1. The van der Waals surface area contributed by atoms with E-state index in [1.165, 1.54) is 22.1 Å². The van der Waals surface area contributed by atoms with Crippen molar-refractivity contribution in [1.82, 2.24) is 9.78 Å². The zero-order chi connectivity index (χ0) is 15.0. The fourth-order valence-corrected chi connectivity index (χ4v) is 3.14. The molecule has 0 atom stereocenters. The summed E-state index contributed by atoms with van der Waals surface area (Å²) in [5.41, 5.74) is 1.22. The van der Waals surface area contributed by atoms with Gasteiger partial charge in [0.2, 0.25) is 0 Å². The van der Waals surface area contributed by atoms with Gasteiger partial charge >= 0.3 is 5.97 Å². The average Bonchev–Trinajstić information content (AvgIpc) is 3.07. The van der Waals surface area contributed by atoms with Gasteiger partial charge in [-0.25, -0.2) is 9.48 Å². The second-order valence-electron chi connectivity index (χ2n) is 4.20. The highest BCUT2D eigenvalue weighted by atomic mass is 35.5. The van der Waals surface area contributed by atoms with Gasteiger partial charge < -0.3 is 5.11 Å². The van der Waals surface area contributed by atoms with Crippen LogP contribution < -0.4 is 0 Å². The third-order valence-electron chi connectivity index (χ3n) is 2.84. The molecule has 1 N–H and O–H groups in total. The number of aromatic carboxylic acids is 1. The molecule has 0 saturated heterocycles. The Balaban J connectivity index is 2.23. The summed E-state index contributed by atoms with van der Waals surface area (Å²) in [5.74, 6) is -1.09. The number of benzene rings is 1. The maximum atomic E-state index is 11.2. The van der Waals surface area contributed by atoms with Crippen LogP contribution in [0.25, 0.3) is 16.3 Å². The van der Waals surface area contributed by atoms with E-state index < -0.39 is 5.97 Å². The van der Waals surface area contributed by atoms with Crippen LogP contribution in [0, 0.1) is 0 Å². The molecule has 0 aliphatic heterocycles. The molecule has 0 amide bonds. The first kappa shape index (κ1) is 14.1. The summed E-state index contributed by atoms with van der Waals surface area (Å²) in [5, 5.41) is 16.1. The summed E-state index contributed by atoms with van der Waals surface area (Å²) in [4.78, 5) is 12.1. The van der Waals surface area contributed by atoms with Crippen LogP contribution in [0.3, 0.4) is 0 Å². The average molecular weight is 339 g/mol. The second kappa shape index (κ2) is 5.52. The van der Waals surface area contributed by atoms with Crippen LogP contribution >= 0.6 is 34.5 Å². The van der Waals surface area contributed by atoms with Crippen LogP contribution in [0.5, 0.6) is 0 Å². The van der Waals surface area contributed by atoms with Gasteiger partial charge in [0, 0.05) is 11.1 Å². The van der Waals surface area contributed by atoms with Crippen molar-refractivity contribution in [3.63, 3.8) is 0 Å². The molecule has 3 aromatic rings. The number of thiophene rings is 1. The summed E-state index contributed by atoms with van der Waals surface area (Å²) >= 11 is 13.6. The SMILES string of the molecule is O=C(O)c1cc(-c2cccs2)n(-c2ccc(Cl)cc2Cl)n1. The van der Waals surface area contributed by atoms with Gasteiger partial charge in [-0.15, -0.1) is 11.3 Å². The Morgan fingerprint density at radius 3 is 2.67 bits per heavy atom. The molecule has 0 radical (unpaired) electrons. The molecule has 1 aromatic carbocycles. The van der Waals surface area contributed by atoms with E-state index >= 15 is 0 Å². The summed E-state index contributed by atoms with van der Waals surface area (Å²) in [7, 11) is 0. The van der Waals surface area contributed by atoms with Crippen LogP contribution in [0.1, 0.15) is 10.5 Å². The van der Waals surface area contributed by atoms with Gasteiger partial charge in [-0.1, -0.05) is 29.3 Å². The smallest absolute Gasteiger partial charge is 0.356 e. The van der Waals surface area contributed by atoms with E-state index in [2.05, 4.69) is 5.10 Å². The Kier molecular flexibility index (Phi) is 3.71. The van der Waals surface area contributed by atoms with E-state index in [4.69, 9.17) is 28.3 Å². The molecule has 7 heteroatoms. The largest absolute Gasteiger partial charge is 0.476 e. The lowest BCUT2D eigenvalue weighted by molar-refractivity contribution is 0.0690. The maximum absolute atomic E-state index is 11.2. The summed E-state index contributed by atoms with van der Waals surface area (Å²) in [6.45, 7) is 0. The number of nitrogens with zero attached hydrogens (tertiary/aromatic N) is 2. The first-order valence-electron chi connectivity index (χ1n) is 5.89. The summed E-state index contributed by atoms with van der Waals surface area (Å²) in [6, 6.07) is 10.3. The van der Waals surface area contributed by atoms with Crippen molar-refractivity contribution >= 4 is 40.5 Å². The molecule has 3 rings (SSSR count). The van der Waals surface area contributed by atoms with Crippen LogP contribution in [-0.4, -0.2) is 20.9 Å². The second-order valence-corrected chi connectivity index (χ2v) is 6.00. The molecule has 0 spiro atoms. The molecule has 2 heterocycles. The lowest BCUT2D eigenvalue weighted by Crippen LogP contribution is -2.02. The third-order valence-corrected chi connectivity index (χ3v) is 4.27. The zero-order valence-electron chi connectivity index (χ0n) is 10.5. The van der Waals surface area contributed by atoms with Crippen molar-refractivity contribution in [3.8, 4) is 16.3 Å². The van der Waals surface area contributed by atoms with E-state index in [-0.39, 0.29) is 5.69 Å². The molecular formula is C14H8Cl2N2O2S. The first-order valence-corrected chi connectivity index (χ1v) is 7.52. The molecular weight excluding hydrogens is 331 g/mol. The zero-order valence-corrected chi connectivity index (χ0v) is 12.8. The molecule has 0 saturated carbocycles. The van der Waals surface area contributed by atoms with E-state index in [1.807, 2.05) is 17.5 Å². The van der Waals surface area contributed by atoms with Crippen LogP contribution in [-0.2, 0) is 0 Å². The minimum absolute atomic E-state index is 0.0376. The number of halogens is 2. The van der Waals surface area contributed by atoms with Crippen LogP contribution in [0.4, 0.5) is 0 Å². The van der Waals surface area contributed by atoms with Crippen LogP contribution in [0.2, 0.25) is 10.0 Å². The van der Waals surface area contributed by atoms with Gasteiger partial charge in [0.15, 0.2) is 5.69 Å². The Labute approximate surface area is 134 Å². The van der Waals surface area contributed by atoms with Crippen molar-refractivity contribution in [2.45, 2.75) is 0 Å². The fraction of sp³-hybridized carbons (Fsp3) is 0. The highest BCUT2D eigenvalue weighted by Gasteiger charge is 2.18. The molecule has 2 aromatic heterocycles.